The first-order chi connectivity index (χ1) is 22.0. The molecule has 46 heavy (non-hydrogen) atoms. The highest BCUT2D eigenvalue weighted by atomic mass is 19.1. The van der Waals surface area contributed by atoms with Gasteiger partial charge in [0.05, 0.1) is 18.2 Å². The number of benzene rings is 3. The maximum absolute atomic E-state index is 14.3. The molecule has 1 unspecified atom stereocenters. The van der Waals surface area contributed by atoms with Crippen molar-refractivity contribution >= 4 is 40.9 Å². The number of nitrogens with zero attached hydrogens (tertiary/aromatic N) is 2. The maximum Gasteiger partial charge on any atom is 0.319 e. The first-order valence-corrected chi connectivity index (χ1v) is 15.2. The van der Waals surface area contributed by atoms with Crippen molar-refractivity contribution < 1.29 is 37.8 Å². The molecule has 0 radical (unpaired) electrons. The quantitative estimate of drug-likeness (QED) is 0.213. The Labute approximate surface area is 266 Å². The van der Waals surface area contributed by atoms with Crippen molar-refractivity contribution in [2.75, 3.05) is 41.9 Å². The second-order valence-corrected chi connectivity index (χ2v) is 11.3. The fourth-order valence-corrected chi connectivity index (χ4v) is 5.42. The number of carbonyl (C=O) groups is 4. The number of urea groups is 1. The third-order valence-electron chi connectivity index (χ3n) is 8.11. The minimum atomic E-state index is -0.996. The van der Waals surface area contributed by atoms with E-state index in [0.29, 0.717) is 29.4 Å². The molecule has 3 N–H and O–H groups in total. The number of amides is 4. The van der Waals surface area contributed by atoms with E-state index in [0.717, 1.165) is 49.1 Å². The number of carboxylic acids is 1. The van der Waals surface area contributed by atoms with Crippen molar-refractivity contribution in [3.05, 3.63) is 83.9 Å². The molecule has 0 spiro atoms. The largest absolute Gasteiger partial charge is 0.482 e. The molecule has 0 saturated heterocycles. The van der Waals surface area contributed by atoms with Crippen molar-refractivity contribution in [2.24, 2.45) is 5.92 Å². The molecule has 4 rings (SSSR count). The number of carboxylic acid groups (broad SMARTS) is 1. The molecular weight excluding hydrogens is 598 g/mol. The fraction of sp³-hybridized carbons (Fsp3) is 0.353. The molecule has 1 aliphatic rings. The van der Waals surface area contributed by atoms with Gasteiger partial charge < -0.3 is 30.3 Å². The highest BCUT2D eigenvalue weighted by Gasteiger charge is 2.25. The Hall–Kier alpha value is -5.00. The summed E-state index contributed by atoms with van der Waals surface area (Å²) in [6.45, 7) is 0.978. The van der Waals surface area contributed by atoms with E-state index in [4.69, 9.17) is 4.74 Å². The predicted octanol–water partition coefficient (Wildman–Crippen LogP) is 5.93. The first-order valence-electron chi connectivity index (χ1n) is 15.2. The van der Waals surface area contributed by atoms with Gasteiger partial charge in [-0.25, -0.2) is 13.6 Å². The van der Waals surface area contributed by atoms with Gasteiger partial charge in [0.1, 0.15) is 23.1 Å². The molecular formula is C34H38F2N4O6. The third kappa shape index (κ3) is 8.80. The number of likely N-dealkylation sites (N-methyl/N-ethyl adjacent to an activating group) is 1. The van der Waals surface area contributed by atoms with E-state index in [9.17, 15) is 33.1 Å². The lowest BCUT2D eigenvalue weighted by atomic mass is 10.0. The van der Waals surface area contributed by atoms with E-state index in [2.05, 4.69) is 10.6 Å². The molecule has 1 aliphatic carbocycles. The number of para-hydroxylation sites is 3. The van der Waals surface area contributed by atoms with Crippen LogP contribution in [0.2, 0.25) is 0 Å². The highest BCUT2D eigenvalue weighted by Crippen LogP contribution is 2.32. The molecule has 0 aromatic heterocycles. The summed E-state index contributed by atoms with van der Waals surface area (Å²) >= 11 is 0. The van der Waals surface area contributed by atoms with E-state index >= 15 is 0 Å². The lowest BCUT2D eigenvalue weighted by molar-refractivity contribution is -0.138. The van der Waals surface area contributed by atoms with Crippen LogP contribution in [0, 0.1) is 17.6 Å². The van der Waals surface area contributed by atoms with E-state index in [1.165, 1.54) is 18.0 Å². The summed E-state index contributed by atoms with van der Waals surface area (Å²) in [7, 11) is 1.25. The number of carbonyl (C=O) groups excluding carboxylic acids is 3. The number of hydrogen-bond donors (Lipinski definition) is 3. The van der Waals surface area contributed by atoms with Crippen LogP contribution in [-0.2, 0) is 14.4 Å². The topological polar surface area (TPSA) is 128 Å². The zero-order valence-electron chi connectivity index (χ0n) is 25.8. The minimum Gasteiger partial charge on any atom is -0.482 e. The highest BCUT2D eigenvalue weighted by molar-refractivity contribution is 6.00. The SMILES string of the molecule is CC(C(=O)O)c1cccc(NC(=O)NCC(=O)N(CCC2CCCC2)c2ccccc2OCC(=O)N(C)c2c(F)cccc2F)c1. The molecule has 3 aromatic carbocycles. The molecule has 244 valence electrons. The van der Waals surface area contributed by atoms with Gasteiger partial charge in [0, 0.05) is 19.3 Å². The monoisotopic (exact) mass is 636 g/mol. The van der Waals surface area contributed by atoms with Crippen LogP contribution in [0.15, 0.2) is 66.7 Å². The van der Waals surface area contributed by atoms with E-state index in [-0.39, 0.29) is 12.3 Å². The smallest absolute Gasteiger partial charge is 0.319 e. The number of ether oxygens (including phenoxy) is 1. The number of aliphatic carboxylic acids is 1. The molecule has 3 aromatic rings. The molecule has 0 heterocycles. The molecule has 1 saturated carbocycles. The van der Waals surface area contributed by atoms with Gasteiger partial charge in [0.2, 0.25) is 5.91 Å². The van der Waals surface area contributed by atoms with Crippen LogP contribution >= 0.6 is 0 Å². The number of rotatable bonds is 13. The molecule has 12 heteroatoms. The fourth-order valence-electron chi connectivity index (χ4n) is 5.42. The van der Waals surface area contributed by atoms with Crippen LogP contribution in [-0.4, -0.2) is 55.7 Å². The van der Waals surface area contributed by atoms with Crippen molar-refractivity contribution in [2.45, 2.75) is 44.9 Å². The van der Waals surface area contributed by atoms with Gasteiger partial charge in [-0.15, -0.1) is 0 Å². The Morgan fingerprint density at radius 2 is 1.63 bits per heavy atom. The summed E-state index contributed by atoms with van der Waals surface area (Å²) in [6, 6.07) is 15.8. The van der Waals surface area contributed by atoms with E-state index in [1.54, 1.807) is 55.5 Å². The lowest BCUT2D eigenvalue weighted by Gasteiger charge is -2.27. The van der Waals surface area contributed by atoms with Gasteiger partial charge >= 0.3 is 12.0 Å². The van der Waals surface area contributed by atoms with Crippen molar-refractivity contribution in [3.8, 4) is 5.75 Å². The van der Waals surface area contributed by atoms with Crippen molar-refractivity contribution in [1.82, 2.24) is 5.32 Å². The Kier molecular flexibility index (Phi) is 11.7. The van der Waals surface area contributed by atoms with Crippen LogP contribution in [0.4, 0.5) is 30.6 Å². The minimum absolute atomic E-state index is 0.215. The molecule has 0 bridgehead atoms. The molecule has 1 atom stereocenters. The summed E-state index contributed by atoms with van der Waals surface area (Å²) in [5, 5.41) is 14.5. The summed E-state index contributed by atoms with van der Waals surface area (Å²) in [5.41, 5.74) is 0.776. The van der Waals surface area contributed by atoms with Gasteiger partial charge in [-0.2, -0.15) is 0 Å². The van der Waals surface area contributed by atoms with Gasteiger partial charge in [-0.05, 0) is 61.2 Å². The van der Waals surface area contributed by atoms with Crippen molar-refractivity contribution in [1.29, 1.82) is 0 Å². The summed E-state index contributed by atoms with van der Waals surface area (Å²) in [6.07, 6.45) is 5.12. The average Bonchev–Trinajstić information content (AvgIpc) is 3.56. The number of halogens is 2. The van der Waals surface area contributed by atoms with Gasteiger partial charge in [-0.1, -0.05) is 56.0 Å². The van der Waals surface area contributed by atoms with Gasteiger partial charge in [0.15, 0.2) is 6.61 Å². The zero-order valence-corrected chi connectivity index (χ0v) is 25.8. The Balaban J connectivity index is 1.45. The van der Waals surface area contributed by atoms with Crippen LogP contribution in [0.1, 0.15) is 50.5 Å². The Morgan fingerprint density at radius 1 is 0.957 bits per heavy atom. The predicted molar refractivity (Wildman–Crippen MR) is 170 cm³/mol. The molecule has 1 fully saturated rings. The average molecular weight is 637 g/mol. The van der Waals surface area contributed by atoms with Gasteiger partial charge in [0.25, 0.3) is 5.91 Å². The van der Waals surface area contributed by atoms with Crippen LogP contribution < -0.4 is 25.2 Å². The van der Waals surface area contributed by atoms with Crippen LogP contribution in [0.3, 0.4) is 0 Å². The maximum atomic E-state index is 14.3. The van der Waals surface area contributed by atoms with Crippen molar-refractivity contribution in [3.63, 3.8) is 0 Å². The Bertz CT molecular complexity index is 1540. The number of hydrogen-bond acceptors (Lipinski definition) is 5. The van der Waals surface area contributed by atoms with Crippen LogP contribution in [0.25, 0.3) is 0 Å². The summed E-state index contributed by atoms with van der Waals surface area (Å²) < 4.78 is 34.3. The molecule has 10 nitrogen and oxygen atoms in total. The first kappa shape index (κ1) is 33.9. The van der Waals surface area contributed by atoms with E-state index < -0.39 is 53.7 Å². The number of anilines is 3. The third-order valence-corrected chi connectivity index (χ3v) is 8.11. The second kappa shape index (κ2) is 15.8. The van der Waals surface area contributed by atoms with Gasteiger partial charge in [-0.3, -0.25) is 14.4 Å². The molecule has 4 amide bonds. The second-order valence-electron chi connectivity index (χ2n) is 11.3. The zero-order chi connectivity index (χ0) is 33.2. The summed E-state index contributed by atoms with van der Waals surface area (Å²) in [5.74, 6) is -4.00. The van der Waals surface area contributed by atoms with E-state index in [1.807, 2.05) is 0 Å². The number of nitrogens with one attached hydrogen (secondary N) is 2. The van der Waals surface area contributed by atoms with Crippen LogP contribution in [0.5, 0.6) is 5.75 Å². The summed E-state index contributed by atoms with van der Waals surface area (Å²) in [4.78, 5) is 52.8. The standard InChI is InChI=1S/C34H38F2N4O6/c1-22(33(43)44)24-11-7-12-25(19-24)38-34(45)37-20-30(41)40(18-17-23-9-3-4-10-23)28-15-5-6-16-29(28)46-21-31(42)39(2)32-26(35)13-8-14-27(32)36/h5-8,11-16,19,22-23H,3-4,9-10,17-18,20-21H2,1-2H3,(H,43,44)(H2,37,38,45). The molecule has 0 aliphatic heterocycles. The lowest BCUT2D eigenvalue weighted by Crippen LogP contribution is -2.42. The Morgan fingerprint density at radius 3 is 2.33 bits per heavy atom. The normalized spacial score (nSPS) is 13.5.